The first kappa shape index (κ1) is 15.3. The van der Waals surface area contributed by atoms with Crippen molar-refractivity contribution >= 4 is 0 Å². The Hall–Kier alpha value is -0.760. The van der Waals surface area contributed by atoms with Crippen molar-refractivity contribution in [2.24, 2.45) is 11.3 Å². The van der Waals surface area contributed by atoms with Crippen LogP contribution in [0.5, 0.6) is 0 Å². The molecule has 0 fully saturated rings. The maximum atomic E-state index is 5.47. The van der Waals surface area contributed by atoms with Gasteiger partial charge in [0.25, 0.3) is 0 Å². The summed E-state index contributed by atoms with van der Waals surface area (Å²) in [7, 11) is 0. The molecule has 2 heteroatoms. The number of furan rings is 1. The molecular weight excluding hydrogens is 222 g/mol. The molecule has 0 amide bonds. The van der Waals surface area contributed by atoms with Crippen molar-refractivity contribution in [3.05, 3.63) is 24.2 Å². The Labute approximate surface area is 112 Å². The molecular formula is C16H29NO. The fourth-order valence-electron chi connectivity index (χ4n) is 2.04. The van der Waals surface area contributed by atoms with Crippen molar-refractivity contribution in [1.29, 1.82) is 0 Å². The van der Waals surface area contributed by atoms with E-state index in [9.17, 15) is 0 Å². The summed E-state index contributed by atoms with van der Waals surface area (Å²) >= 11 is 0. The maximum Gasteiger partial charge on any atom is 0.105 e. The molecule has 2 unspecified atom stereocenters. The second kappa shape index (κ2) is 6.98. The van der Waals surface area contributed by atoms with E-state index in [2.05, 4.69) is 46.0 Å². The minimum Gasteiger partial charge on any atom is -0.469 e. The van der Waals surface area contributed by atoms with Crippen molar-refractivity contribution in [2.75, 3.05) is 6.54 Å². The SMILES string of the molecule is CCCNC(Cc1ccco1)CC(C)C(C)(C)C. The van der Waals surface area contributed by atoms with Crippen LogP contribution in [0.4, 0.5) is 0 Å². The monoisotopic (exact) mass is 251 g/mol. The van der Waals surface area contributed by atoms with E-state index in [1.165, 1.54) is 12.8 Å². The van der Waals surface area contributed by atoms with Gasteiger partial charge in [0.2, 0.25) is 0 Å². The van der Waals surface area contributed by atoms with E-state index < -0.39 is 0 Å². The second-order valence-electron chi connectivity index (χ2n) is 6.44. The van der Waals surface area contributed by atoms with E-state index in [0.29, 0.717) is 17.4 Å². The Bertz CT molecular complexity index is 310. The highest BCUT2D eigenvalue weighted by Gasteiger charge is 2.23. The van der Waals surface area contributed by atoms with Gasteiger partial charge in [0, 0.05) is 12.5 Å². The van der Waals surface area contributed by atoms with E-state index in [0.717, 1.165) is 18.7 Å². The molecule has 1 N–H and O–H groups in total. The first-order chi connectivity index (χ1) is 8.43. The standard InChI is InChI=1S/C16H29NO/c1-6-9-17-14(11-13(2)16(3,4)5)12-15-8-7-10-18-15/h7-8,10,13-14,17H,6,9,11-12H2,1-5H3. The molecule has 0 aliphatic carbocycles. The van der Waals surface area contributed by atoms with Crippen LogP contribution >= 0.6 is 0 Å². The average Bonchev–Trinajstić information content (AvgIpc) is 2.77. The van der Waals surface area contributed by atoms with E-state index in [4.69, 9.17) is 4.42 Å². The van der Waals surface area contributed by atoms with E-state index in [1.54, 1.807) is 6.26 Å². The van der Waals surface area contributed by atoms with E-state index >= 15 is 0 Å². The Morgan fingerprint density at radius 3 is 2.56 bits per heavy atom. The van der Waals surface area contributed by atoms with Crippen LogP contribution in [-0.2, 0) is 6.42 Å². The van der Waals surface area contributed by atoms with Gasteiger partial charge >= 0.3 is 0 Å². The van der Waals surface area contributed by atoms with Crippen LogP contribution in [0.25, 0.3) is 0 Å². The lowest BCUT2D eigenvalue weighted by Gasteiger charge is -2.31. The molecule has 104 valence electrons. The minimum absolute atomic E-state index is 0.370. The molecule has 0 aliphatic rings. The summed E-state index contributed by atoms with van der Waals surface area (Å²) in [5.74, 6) is 1.78. The molecule has 1 rings (SSSR count). The lowest BCUT2D eigenvalue weighted by Crippen LogP contribution is -2.35. The Morgan fingerprint density at radius 2 is 2.06 bits per heavy atom. The maximum absolute atomic E-state index is 5.47. The largest absolute Gasteiger partial charge is 0.469 e. The zero-order valence-corrected chi connectivity index (χ0v) is 12.6. The summed E-state index contributed by atoms with van der Waals surface area (Å²) in [5.41, 5.74) is 0.370. The van der Waals surface area contributed by atoms with Gasteiger partial charge in [-0.2, -0.15) is 0 Å². The molecule has 18 heavy (non-hydrogen) atoms. The zero-order valence-electron chi connectivity index (χ0n) is 12.6. The van der Waals surface area contributed by atoms with Gasteiger partial charge < -0.3 is 9.73 Å². The summed E-state index contributed by atoms with van der Waals surface area (Å²) in [5, 5.41) is 3.65. The summed E-state index contributed by atoms with van der Waals surface area (Å²) < 4.78 is 5.47. The van der Waals surface area contributed by atoms with Gasteiger partial charge in [-0.05, 0) is 42.9 Å². The lowest BCUT2D eigenvalue weighted by atomic mass is 9.78. The average molecular weight is 251 g/mol. The topological polar surface area (TPSA) is 25.2 Å². The van der Waals surface area contributed by atoms with Crippen LogP contribution in [-0.4, -0.2) is 12.6 Å². The second-order valence-corrected chi connectivity index (χ2v) is 6.44. The summed E-state index contributed by atoms with van der Waals surface area (Å²) in [6, 6.07) is 4.56. The van der Waals surface area contributed by atoms with Crippen molar-refractivity contribution in [2.45, 2.75) is 59.9 Å². The van der Waals surface area contributed by atoms with Gasteiger partial charge in [0.15, 0.2) is 0 Å². The number of hydrogen-bond donors (Lipinski definition) is 1. The molecule has 0 aliphatic heterocycles. The molecule has 0 spiro atoms. The highest BCUT2D eigenvalue weighted by Crippen LogP contribution is 2.29. The lowest BCUT2D eigenvalue weighted by molar-refractivity contribution is 0.219. The third kappa shape index (κ3) is 5.26. The summed E-state index contributed by atoms with van der Waals surface area (Å²) in [6.45, 7) is 12.6. The molecule has 1 aromatic heterocycles. The number of nitrogens with one attached hydrogen (secondary N) is 1. The Balaban J connectivity index is 2.55. The molecule has 0 radical (unpaired) electrons. The van der Waals surface area contributed by atoms with Crippen molar-refractivity contribution in [3.8, 4) is 0 Å². The van der Waals surface area contributed by atoms with Gasteiger partial charge in [-0.3, -0.25) is 0 Å². The number of rotatable bonds is 7. The van der Waals surface area contributed by atoms with Crippen LogP contribution < -0.4 is 5.32 Å². The molecule has 2 atom stereocenters. The fourth-order valence-corrected chi connectivity index (χ4v) is 2.04. The van der Waals surface area contributed by atoms with Crippen molar-refractivity contribution in [1.82, 2.24) is 5.32 Å². The van der Waals surface area contributed by atoms with Gasteiger partial charge in [-0.25, -0.2) is 0 Å². The summed E-state index contributed by atoms with van der Waals surface area (Å²) in [6.07, 6.45) is 5.13. The van der Waals surface area contributed by atoms with E-state index in [1.807, 2.05) is 6.07 Å². The third-order valence-electron chi connectivity index (χ3n) is 3.83. The van der Waals surface area contributed by atoms with Gasteiger partial charge in [-0.15, -0.1) is 0 Å². The fraction of sp³-hybridized carbons (Fsp3) is 0.750. The van der Waals surface area contributed by atoms with Crippen LogP contribution in [0.2, 0.25) is 0 Å². The molecule has 0 saturated heterocycles. The van der Waals surface area contributed by atoms with Gasteiger partial charge in [-0.1, -0.05) is 34.6 Å². The zero-order chi connectivity index (χ0) is 13.6. The molecule has 2 nitrogen and oxygen atoms in total. The smallest absolute Gasteiger partial charge is 0.105 e. The Morgan fingerprint density at radius 1 is 1.33 bits per heavy atom. The highest BCUT2D eigenvalue weighted by atomic mass is 16.3. The molecule has 1 heterocycles. The Kier molecular flexibility index (Phi) is 5.94. The van der Waals surface area contributed by atoms with E-state index in [-0.39, 0.29) is 0 Å². The van der Waals surface area contributed by atoms with Gasteiger partial charge in [0.05, 0.1) is 6.26 Å². The van der Waals surface area contributed by atoms with Crippen LogP contribution in [0.3, 0.4) is 0 Å². The first-order valence-corrected chi connectivity index (χ1v) is 7.19. The third-order valence-corrected chi connectivity index (χ3v) is 3.83. The first-order valence-electron chi connectivity index (χ1n) is 7.19. The van der Waals surface area contributed by atoms with Crippen LogP contribution in [0.15, 0.2) is 22.8 Å². The molecule has 1 aromatic rings. The number of hydrogen-bond acceptors (Lipinski definition) is 2. The van der Waals surface area contributed by atoms with Crippen LogP contribution in [0, 0.1) is 11.3 Å². The van der Waals surface area contributed by atoms with Crippen LogP contribution in [0.1, 0.15) is 53.2 Å². The predicted octanol–water partition coefficient (Wildman–Crippen LogP) is 4.26. The van der Waals surface area contributed by atoms with Crippen molar-refractivity contribution < 1.29 is 4.42 Å². The van der Waals surface area contributed by atoms with Crippen molar-refractivity contribution in [3.63, 3.8) is 0 Å². The molecule has 0 bridgehead atoms. The molecule has 0 saturated carbocycles. The normalized spacial score (nSPS) is 15.6. The molecule has 0 aromatic carbocycles. The predicted molar refractivity (Wildman–Crippen MR) is 77.7 cm³/mol. The highest BCUT2D eigenvalue weighted by molar-refractivity contribution is 5.00. The minimum atomic E-state index is 0.370. The van der Waals surface area contributed by atoms with Gasteiger partial charge in [0.1, 0.15) is 5.76 Å². The quantitative estimate of drug-likeness (QED) is 0.783. The summed E-state index contributed by atoms with van der Waals surface area (Å²) in [4.78, 5) is 0.